The second-order valence-corrected chi connectivity index (χ2v) is 4.88. The summed E-state index contributed by atoms with van der Waals surface area (Å²) in [4.78, 5) is 11.7. The molecule has 18 heavy (non-hydrogen) atoms. The van der Waals surface area contributed by atoms with Crippen LogP contribution >= 0.6 is 0 Å². The van der Waals surface area contributed by atoms with Crippen molar-refractivity contribution in [2.24, 2.45) is 11.8 Å². The molecule has 0 aromatic heterocycles. The first kappa shape index (κ1) is 14.2. The molecule has 0 aliphatic heterocycles. The summed E-state index contributed by atoms with van der Waals surface area (Å²) in [6.45, 7) is 6.39. The highest BCUT2D eigenvalue weighted by Gasteiger charge is 2.20. The van der Waals surface area contributed by atoms with Gasteiger partial charge in [-0.3, -0.25) is 4.79 Å². The SMILES string of the molecule is Cc1ccc(CCNC(=O)C(C#N)C(C)C)cc1. The minimum absolute atomic E-state index is 0.0503. The van der Waals surface area contributed by atoms with Crippen LogP contribution in [0, 0.1) is 30.1 Å². The highest BCUT2D eigenvalue weighted by molar-refractivity contribution is 5.81. The lowest BCUT2D eigenvalue weighted by molar-refractivity contribution is -0.124. The van der Waals surface area contributed by atoms with Crippen LogP contribution in [-0.2, 0) is 11.2 Å². The van der Waals surface area contributed by atoms with E-state index in [-0.39, 0.29) is 11.8 Å². The van der Waals surface area contributed by atoms with Crippen molar-refractivity contribution in [3.63, 3.8) is 0 Å². The molecule has 1 N–H and O–H groups in total. The van der Waals surface area contributed by atoms with E-state index in [2.05, 4.69) is 29.6 Å². The predicted octanol–water partition coefficient (Wildman–Crippen LogP) is 2.45. The molecule has 1 aromatic carbocycles. The zero-order valence-corrected chi connectivity index (χ0v) is 11.2. The summed E-state index contributed by atoms with van der Waals surface area (Å²) in [5.41, 5.74) is 2.42. The second kappa shape index (κ2) is 6.80. The fourth-order valence-corrected chi connectivity index (χ4v) is 1.71. The van der Waals surface area contributed by atoms with Crippen LogP contribution in [0.3, 0.4) is 0 Å². The molecule has 1 rings (SSSR count). The smallest absolute Gasteiger partial charge is 0.237 e. The molecule has 1 unspecified atom stereocenters. The van der Waals surface area contributed by atoms with Gasteiger partial charge in [-0.15, -0.1) is 0 Å². The van der Waals surface area contributed by atoms with Crippen molar-refractivity contribution in [2.75, 3.05) is 6.54 Å². The average Bonchev–Trinajstić information content (AvgIpc) is 2.32. The number of carbonyl (C=O) groups excluding carboxylic acids is 1. The van der Waals surface area contributed by atoms with Gasteiger partial charge < -0.3 is 5.32 Å². The minimum atomic E-state index is -0.553. The first-order chi connectivity index (χ1) is 8.54. The van der Waals surface area contributed by atoms with Crippen molar-refractivity contribution >= 4 is 5.91 Å². The molecule has 1 amide bonds. The Labute approximate surface area is 109 Å². The van der Waals surface area contributed by atoms with Gasteiger partial charge in [0.05, 0.1) is 6.07 Å². The molecule has 0 heterocycles. The lowest BCUT2D eigenvalue weighted by atomic mass is 9.96. The van der Waals surface area contributed by atoms with E-state index in [0.717, 1.165) is 6.42 Å². The van der Waals surface area contributed by atoms with Gasteiger partial charge in [-0.05, 0) is 24.8 Å². The molecule has 3 nitrogen and oxygen atoms in total. The monoisotopic (exact) mass is 244 g/mol. The second-order valence-electron chi connectivity index (χ2n) is 4.88. The van der Waals surface area contributed by atoms with E-state index in [1.807, 2.05) is 26.8 Å². The molecule has 1 atom stereocenters. The standard InChI is InChI=1S/C15H20N2O/c1-11(2)14(10-16)15(18)17-9-8-13-6-4-12(3)5-7-13/h4-7,11,14H,8-9H2,1-3H3,(H,17,18). The number of carbonyl (C=O) groups is 1. The van der Waals surface area contributed by atoms with Crippen LogP contribution in [0.15, 0.2) is 24.3 Å². The first-order valence-corrected chi connectivity index (χ1v) is 6.27. The molecular weight excluding hydrogens is 224 g/mol. The molecule has 0 saturated heterocycles. The molecular formula is C15H20N2O. The van der Waals surface area contributed by atoms with Crippen molar-refractivity contribution in [3.8, 4) is 6.07 Å². The number of aryl methyl sites for hydroxylation is 1. The summed E-state index contributed by atoms with van der Waals surface area (Å²) in [5, 5.41) is 11.7. The maximum absolute atomic E-state index is 11.7. The lowest BCUT2D eigenvalue weighted by Gasteiger charge is -2.13. The summed E-state index contributed by atoms with van der Waals surface area (Å²) in [6, 6.07) is 10.3. The number of hydrogen-bond acceptors (Lipinski definition) is 2. The van der Waals surface area contributed by atoms with E-state index in [0.29, 0.717) is 6.54 Å². The van der Waals surface area contributed by atoms with Crippen LogP contribution in [-0.4, -0.2) is 12.5 Å². The van der Waals surface area contributed by atoms with E-state index in [9.17, 15) is 4.79 Å². The number of amides is 1. The normalized spacial score (nSPS) is 11.9. The number of hydrogen-bond donors (Lipinski definition) is 1. The lowest BCUT2D eigenvalue weighted by Crippen LogP contribution is -2.34. The van der Waals surface area contributed by atoms with Crippen LogP contribution < -0.4 is 5.32 Å². The van der Waals surface area contributed by atoms with Crippen molar-refractivity contribution in [1.82, 2.24) is 5.32 Å². The number of nitriles is 1. The molecule has 0 spiro atoms. The third-order valence-corrected chi connectivity index (χ3v) is 2.92. The van der Waals surface area contributed by atoms with Crippen LogP contribution in [0.2, 0.25) is 0 Å². The van der Waals surface area contributed by atoms with Gasteiger partial charge >= 0.3 is 0 Å². The zero-order valence-electron chi connectivity index (χ0n) is 11.2. The van der Waals surface area contributed by atoms with E-state index in [1.54, 1.807) is 0 Å². The molecule has 96 valence electrons. The number of nitrogens with one attached hydrogen (secondary N) is 1. The van der Waals surface area contributed by atoms with Crippen molar-refractivity contribution in [1.29, 1.82) is 5.26 Å². The number of nitrogens with zero attached hydrogens (tertiary/aromatic N) is 1. The molecule has 0 aliphatic rings. The minimum Gasteiger partial charge on any atom is -0.355 e. The topological polar surface area (TPSA) is 52.9 Å². The molecule has 3 heteroatoms. The quantitative estimate of drug-likeness (QED) is 0.865. The highest BCUT2D eigenvalue weighted by atomic mass is 16.1. The van der Waals surface area contributed by atoms with Crippen LogP contribution in [0.4, 0.5) is 0 Å². The first-order valence-electron chi connectivity index (χ1n) is 6.27. The number of benzene rings is 1. The maximum atomic E-state index is 11.7. The van der Waals surface area contributed by atoms with Gasteiger partial charge in [-0.25, -0.2) is 0 Å². The fraction of sp³-hybridized carbons (Fsp3) is 0.467. The molecule has 0 aliphatic carbocycles. The third kappa shape index (κ3) is 4.21. The van der Waals surface area contributed by atoms with Gasteiger partial charge in [0.25, 0.3) is 0 Å². The molecule has 0 fully saturated rings. The Balaban J connectivity index is 2.40. The largest absolute Gasteiger partial charge is 0.355 e. The molecule has 0 radical (unpaired) electrons. The Morgan fingerprint density at radius 1 is 1.33 bits per heavy atom. The summed E-state index contributed by atoms with van der Waals surface area (Å²) in [7, 11) is 0. The Hall–Kier alpha value is -1.82. The van der Waals surface area contributed by atoms with Crippen LogP contribution in [0.25, 0.3) is 0 Å². The van der Waals surface area contributed by atoms with Gasteiger partial charge in [-0.2, -0.15) is 5.26 Å². The van der Waals surface area contributed by atoms with E-state index in [1.165, 1.54) is 11.1 Å². The van der Waals surface area contributed by atoms with Gasteiger partial charge in [0, 0.05) is 6.54 Å². The van der Waals surface area contributed by atoms with E-state index in [4.69, 9.17) is 5.26 Å². The summed E-state index contributed by atoms with van der Waals surface area (Å²) >= 11 is 0. The summed E-state index contributed by atoms with van der Waals surface area (Å²) < 4.78 is 0. The number of rotatable bonds is 5. The molecule has 0 bridgehead atoms. The Morgan fingerprint density at radius 2 is 1.94 bits per heavy atom. The Kier molecular flexibility index (Phi) is 5.38. The fourth-order valence-electron chi connectivity index (χ4n) is 1.71. The van der Waals surface area contributed by atoms with E-state index < -0.39 is 5.92 Å². The van der Waals surface area contributed by atoms with Gasteiger partial charge in [0.2, 0.25) is 5.91 Å². The summed E-state index contributed by atoms with van der Waals surface area (Å²) in [5.74, 6) is -0.669. The van der Waals surface area contributed by atoms with Crippen molar-refractivity contribution < 1.29 is 4.79 Å². The molecule has 0 saturated carbocycles. The van der Waals surface area contributed by atoms with Gasteiger partial charge in [0.15, 0.2) is 0 Å². The summed E-state index contributed by atoms with van der Waals surface area (Å²) in [6.07, 6.45) is 0.794. The van der Waals surface area contributed by atoms with E-state index >= 15 is 0 Å². The maximum Gasteiger partial charge on any atom is 0.237 e. The van der Waals surface area contributed by atoms with Gasteiger partial charge in [0.1, 0.15) is 5.92 Å². The third-order valence-electron chi connectivity index (χ3n) is 2.92. The van der Waals surface area contributed by atoms with Crippen LogP contribution in [0.5, 0.6) is 0 Å². The Bertz CT molecular complexity index is 429. The average molecular weight is 244 g/mol. The Morgan fingerprint density at radius 3 is 2.44 bits per heavy atom. The molecule has 1 aromatic rings. The highest BCUT2D eigenvalue weighted by Crippen LogP contribution is 2.09. The van der Waals surface area contributed by atoms with Crippen molar-refractivity contribution in [2.45, 2.75) is 27.2 Å². The van der Waals surface area contributed by atoms with Crippen molar-refractivity contribution in [3.05, 3.63) is 35.4 Å². The predicted molar refractivity (Wildman–Crippen MR) is 71.8 cm³/mol. The van der Waals surface area contributed by atoms with Gasteiger partial charge in [-0.1, -0.05) is 43.7 Å². The van der Waals surface area contributed by atoms with Crippen LogP contribution in [0.1, 0.15) is 25.0 Å². The zero-order chi connectivity index (χ0) is 13.5.